The minimum absolute atomic E-state index is 0.275. The van der Waals surface area contributed by atoms with Crippen LogP contribution in [0.1, 0.15) is 43.2 Å². The van der Waals surface area contributed by atoms with Gasteiger partial charge in [-0.15, -0.1) is 11.8 Å². The zero-order valence-corrected chi connectivity index (χ0v) is 24.9. The number of pyridine rings is 1. The summed E-state index contributed by atoms with van der Waals surface area (Å²) in [5, 5.41) is 15.0. The van der Waals surface area contributed by atoms with Gasteiger partial charge in [0.25, 0.3) is 0 Å². The zero-order valence-electron chi connectivity index (χ0n) is 24.1. The second-order valence-electron chi connectivity index (χ2n) is 11.0. The molecule has 5 rings (SSSR count). The predicted molar refractivity (Wildman–Crippen MR) is 170 cm³/mol. The van der Waals surface area contributed by atoms with Crippen molar-refractivity contribution in [1.82, 2.24) is 14.5 Å². The molecule has 1 saturated heterocycles. The maximum atomic E-state index is 13.9. The molecular formula is C34H41FN4OS. The highest BCUT2D eigenvalue weighted by atomic mass is 32.2. The van der Waals surface area contributed by atoms with Crippen molar-refractivity contribution in [2.45, 2.75) is 37.5 Å². The van der Waals surface area contributed by atoms with Crippen molar-refractivity contribution in [2.75, 3.05) is 37.8 Å². The first-order valence-corrected chi connectivity index (χ1v) is 15.9. The number of benzene rings is 1. The molecule has 5 nitrogen and oxygen atoms in total. The Kier molecular flexibility index (Phi) is 10.1. The second-order valence-corrected chi connectivity index (χ2v) is 11.9. The molecule has 0 saturated carbocycles. The van der Waals surface area contributed by atoms with Crippen molar-refractivity contribution in [2.24, 2.45) is 13.0 Å². The Morgan fingerprint density at radius 1 is 1.02 bits per heavy atom. The lowest BCUT2D eigenvalue weighted by molar-refractivity contribution is 0.243. The lowest BCUT2D eigenvalue weighted by Gasteiger charge is -2.28. The molecule has 216 valence electrons. The number of aliphatic hydroxyl groups is 1. The summed E-state index contributed by atoms with van der Waals surface area (Å²) < 4.78 is 16.0. The Labute approximate surface area is 247 Å². The molecule has 0 bridgehead atoms. The zero-order chi connectivity index (χ0) is 28.6. The van der Waals surface area contributed by atoms with Gasteiger partial charge in [-0.2, -0.15) is 0 Å². The number of likely N-dealkylation sites (tertiary alicyclic amines) is 1. The summed E-state index contributed by atoms with van der Waals surface area (Å²) in [7, 11) is 2.01. The molecule has 1 aliphatic heterocycles. The molecule has 0 spiro atoms. The molecule has 2 aromatic heterocycles. The van der Waals surface area contributed by atoms with Crippen molar-refractivity contribution in [3.63, 3.8) is 0 Å². The van der Waals surface area contributed by atoms with E-state index in [1.807, 2.05) is 25.4 Å². The molecule has 0 amide bonds. The lowest BCUT2D eigenvalue weighted by atomic mass is 9.94. The number of allylic oxidation sites excluding steroid dienone is 4. The number of nitrogens with zero attached hydrogens (tertiary/aromatic N) is 3. The Morgan fingerprint density at radius 2 is 1.73 bits per heavy atom. The van der Waals surface area contributed by atoms with Gasteiger partial charge in [-0.05, 0) is 98.3 Å². The van der Waals surface area contributed by atoms with E-state index >= 15 is 0 Å². The van der Waals surface area contributed by atoms with E-state index in [9.17, 15) is 9.50 Å². The number of nitrogens with one attached hydrogen (secondary N) is 1. The van der Waals surface area contributed by atoms with Gasteiger partial charge in [0.05, 0.1) is 5.69 Å². The van der Waals surface area contributed by atoms with E-state index in [0.717, 1.165) is 66.4 Å². The Hall–Kier alpha value is -3.13. The van der Waals surface area contributed by atoms with Gasteiger partial charge in [0.15, 0.2) is 0 Å². The molecule has 1 aromatic carbocycles. The fourth-order valence-electron chi connectivity index (χ4n) is 6.08. The predicted octanol–water partition coefficient (Wildman–Crippen LogP) is 7.59. The normalized spacial score (nSPS) is 17.5. The molecule has 3 heterocycles. The first-order valence-electron chi connectivity index (χ1n) is 14.6. The topological polar surface area (TPSA) is 53.3 Å². The van der Waals surface area contributed by atoms with Crippen LogP contribution in [0.4, 0.5) is 10.2 Å². The van der Waals surface area contributed by atoms with Crippen LogP contribution in [0.25, 0.3) is 22.3 Å². The highest BCUT2D eigenvalue weighted by molar-refractivity contribution is 7.98. The van der Waals surface area contributed by atoms with Crippen LogP contribution in [0.5, 0.6) is 0 Å². The quantitative estimate of drug-likeness (QED) is 0.259. The third-order valence-electron chi connectivity index (χ3n) is 8.21. The van der Waals surface area contributed by atoms with E-state index in [4.69, 9.17) is 0 Å². The summed E-state index contributed by atoms with van der Waals surface area (Å²) in [6.07, 6.45) is 22.3. The summed E-state index contributed by atoms with van der Waals surface area (Å²) in [6, 6.07) is 10.6. The lowest BCUT2D eigenvalue weighted by Crippen LogP contribution is -2.31. The second kappa shape index (κ2) is 14.2. The fraction of sp³-hybridized carbons (Fsp3) is 0.382. The molecular weight excluding hydrogens is 531 g/mol. The van der Waals surface area contributed by atoms with Crippen molar-refractivity contribution < 1.29 is 9.50 Å². The molecule has 1 atom stereocenters. The van der Waals surface area contributed by atoms with Crippen LogP contribution in [-0.2, 0) is 7.05 Å². The molecule has 7 heteroatoms. The monoisotopic (exact) mass is 572 g/mol. The number of aromatic nitrogens is 2. The van der Waals surface area contributed by atoms with Crippen molar-refractivity contribution in [1.29, 1.82) is 0 Å². The number of hydrogen-bond acceptors (Lipinski definition) is 5. The molecule has 1 fully saturated rings. The number of hydrogen-bond donors (Lipinski definition) is 2. The molecule has 2 N–H and O–H groups in total. The minimum atomic E-state index is -0.724. The van der Waals surface area contributed by atoms with Crippen LogP contribution in [0.3, 0.4) is 0 Å². The van der Waals surface area contributed by atoms with Crippen LogP contribution in [0.15, 0.2) is 84.7 Å². The largest absolute Gasteiger partial charge is 0.376 e. The molecule has 41 heavy (non-hydrogen) atoms. The van der Waals surface area contributed by atoms with E-state index in [1.165, 1.54) is 55.2 Å². The van der Waals surface area contributed by atoms with Gasteiger partial charge in [-0.3, -0.25) is 9.88 Å². The average molecular weight is 573 g/mol. The Balaban J connectivity index is 1.36. The van der Waals surface area contributed by atoms with E-state index in [0.29, 0.717) is 5.92 Å². The first kappa shape index (κ1) is 29.4. The van der Waals surface area contributed by atoms with Crippen LogP contribution in [-0.4, -0.2) is 52.0 Å². The molecule has 1 aliphatic carbocycles. The smallest absolute Gasteiger partial charge is 0.140 e. The van der Waals surface area contributed by atoms with Crippen molar-refractivity contribution in [3.05, 3.63) is 96.3 Å². The van der Waals surface area contributed by atoms with Crippen LogP contribution < -0.4 is 5.32 Å². The highest BCUT2D eigenvalue weighted by Crippen LogP contribution is 2.46. The third-order valence-corrected chi connectivity index (χ3v) is 8.88. The fourth-order valence-corrected chi connectivity index (χ4v) is 6.58. The summed E-state index contributed by atoms with van der Waals surface area (Å²) in [5.74, 6) is 1.27. The van der Waals surface area contributed by atoms with E-state index < -0.39 is 5.44 Å². The summed E-state index contributed by atoms with van der Waals surface area (Å²) in [6.45, 7) is 4.15. The van der Waals surface area contributed by atoms with Crippen LogP contribution in [0, 0.1) is 11.7 Å². The Bertz CT molecular complexity index is 1370. The molecule has 1 unspecified atom stereocenters. The summed E-state index contributed by atoms with van der Waals surface area (Å²) in [4.78, 5) is 6.84. The minimum Gasteiger partial charge on any atom is -0.376 e. The number of anilines is 1. The third kappa shape index (κ3) is 7.21. The van der Waals surface area contributed by atoms with E-state index in [1.54, 1.807) is 24.5 Å². The van der Waals surface area contributed by atoms with Gasteiger partial charge in [-0.25, -0.2) is 4.39 Å². The number of rotatable bonds is 9. The highest BCUT2D eigenvalue weighted by Gasteiger charge is 2.28. The maximum absolute atomic E-state index is 13.9. The standard InChI is InChI=1S/C34H41FN4OS/c1-38-32(34(40)41-2)30(27-13-15-29(35)16-14-27)31(28-17-19-36-20-18-28)33(38)37-23-25-11-7-21-39(22-8-12-25)24-26-9-5-3-4-6-10-26/h3-5,9-10,13-20,25,34,37,40H,6-8,11-12,21-24H2,1-2H3. The van der Waals surface area contributed by atoms with E-state index in [-0.39, 0.29) is 5.82 Å². The van der Waals surface area contributed by atoms with Gasteiger partial charge in [0, 0.05) is 43.7 Å². The Morgan fingerprint density at radius 3 is 2.44 bits per heavy atom. The van der Waals surface area contributed by atoms with Crippen LogP contribution in [0.2, 0.25) is 0 Å². The van der Waals surface area contributed by atoms with Crippen molar-refractivity contribution >= 4 is 17.6 Å². The number of aliphatic hydroxyl groups excluding tert-OH is 1. The molecule has 2 aliphatic rings. The number of thioether (sulfide) groups is 1. The van der Waals surface area contributed by atoms with Crippen molar-refractivity contribution in [3.8, 4) is 22.3 Å². The van der Waals surface area contributed by atoms with Gasteiger partial charge in [-0.1, -0.05) is 42.5 Å². The molecule has 3 aromatic rings. The van der Waals surface area contributed by atoms with Gasteiger partial charge in [0.1, 0.15) is 17.1 Å². The van der Waals surface area contributed by atoms with Crippen LogP contribution >= 0.6 is 11.8 Å². The molecule has 0 radical (unpaired) electrons. The number of halogens is 1. The maximum Gasteiger partial charge on any atom is 0.140 e. The van der Waals surface area contributed by atoms with Gasteiger partial charge < -0.3 is 15.0 Å². The SMILES string of the molecule is CSC(O)c1c(-c2ccc(F)cc2)c(-c2ccncc2)c(NCC2CCCN(CC3=CCC=CC=C3)CCC2)n1C. The summed E-state index contributed by atoms with van der Waals surface area (Å²) in [5.41, 5.74) is 5.34. The summed E-state index contributed by atoms with van der Waals surface area (Å²) >= 11 is 1.39. The first-order chi connectivity index (χ1) is 20.0. The van der Waals surface area contributed by atoms with Gasteiger partial charge >= 0.3 is 0 Å². The van der Waals surface area contributed by atoms with E-state index in [2.05, 4.69) is 50.1 Å². The average Bonchev–Trinajstić information content (AvgIpc) is 3.10. The van der Waals surface area contributed by atoms with Gasteiger partial charge in [0.2, 0.25) is 0 Å².